The van der Waals surface area contributed by atoms with Gasteiger partial charge < -0.3 is 15.4 Å². The summed E-state index contributed by atoms with van der Waals surface area (Å²) in [5.74, 6) is 0.0905. The van der Waals surface area contributed by atoms with Crippen LogP contribution in [0.15, 0.2) is 24.3 Å². The Balaban J connectivity index is 1.80. The lowest BCUT2D eigenvalue weighted by Crippen LogP contribution is -2.36. The van der Waals surface area contributed by atoms with E-state index in [0.29, 0.717) is 13.1 Å². The standard InChI is InChI=1S/C16H20N2O2S/c1-2-18(10-13-4-3-7-20-13)16(19)15-9-11-8-12(17)5-6-14(11)21-15/h5-6,8-9,13H,2-4,7,10,17H2,1H3. The molecule has 1 aromatic carbocycles. The van der Waals surface area contributed by atoms with Gasteiger partial charge in [-0.3, -0.25) is 4.79 Å². The van der Waals surface area contributed by atoms with Crippen molar-refractivity contribution in [1.29, 1.82) is 0 Å². The van der Waals surface area contributed by atoms with Crippen LogP contribution in [0.2, 0.25) is 0 Å². The molecule has 3 rings (SSSR count). The molecule has 1 amide bonds. The number of carbonyl (C=O) groups excluding carboxylic acids is 1. The molecule has 0 aliphatic carbocycles. The molecule has 2 heterocycles. The van der Waals surface area contributed by atoms with Crippen LogP contribution in [-0.4, -0.2) is 36.6 Å². The molecule has 0 radical (unpaired) electrons. The fourth-order valence-corrected chi connectivity index (χ4v) is 3.72. The van der Waals surface area contributed by atoms with Crippen LogP contribution < -0.4 is 5.73 Å². The van der Waals surface area contributed by atoms with Crippen molar-refractivity contribution in [3.8, 4) is 0 Å². The molecule has 1 aliphatic rings. The molecule has 112 valence electrons. The molecule has 1 unspecified atom stereocenters. The number of anilines is 1. The number of thiophene rings is 1. The summed E-state index contributed by atoms with van der Waals surface area (Å²) >= 11 is 1.53. The van der Waals surface area contributed by atoms with Crippen molar-refractivity contribution in [2.75, 3.05) is 25.4 Å². The third-order valence-electron chi connectivity index (χ3n) is 3.87. The van der Waals surface area contributed by atoms with Crippen molar-refractivity contribution in [3.05, 3.63) is 29.1 Å². The van der Waals surface area contributed by atoms with Gasteiger partial charge >= 0.3 is 0 Å². The number of hydrogen-bond donors (Lipinski definition) is 1. The third kappa shape index (κ3) is 3.04. The van der Waals surface area contributed by atoms with Crippen molar-refractivity contribution >= 4 is 33.0 Å². The van der Waals surface area contributed by atoms with E-state index >= 15 is 0 Å². The number of nitrogens with zero attached hydrogens (tertiary/aromatic N) is 1. The largest absolute Gasteiger partial charge is 0.399 e. The average Bonchev–Trinajstić information content (AvgIpc) is 3.12. The van der Waals surface area contributed by atoms with Gasteiger partial charge in [0.2, 0.25) is 0 Å². The van der Waals surface area contributed by atoms with E-state index in [1.54, 1.807) is 0 Å². The zero-order chi connectivity index (χ0) is 14.8. The number of nitrogens with two attached hydrogens (primary N) is 1. The fraction of sp³-hybridized carbons (Fsp3) is 0.438. The van der Waals surface area contributed by atoms with E-state index in [9.17, 15) is 4.79 Å². The number of nitrogen functional groups attached to an aromatic ring is 1. The minimum Gasteiger partial charge on any atom is -0.399 e. The number of likely N-dealkylation sites (N-methyl/N-ethyl adjacent to an activating group) is 1. The maximum absolute atomic E-state index is 12.7. The molecule has 2 aromatic rings. The van der Waals surface area contributed by atoms with E-state index in [-0.39, 0.29) is 12.0 Å². The van der Waals surface area contributed by atoms with E-state index in [2.05, 4.69) is 0 Å². The third-order valence-corrected chi connectivity index (χ3v) is 4.97. The molecule has 1 aromatic heterocycles. The average molecular weight is 304 g/mol. The molecule has 1 saturated heterocycles. The first-order chi connectivity index (χ1) is 10.2. The van der Waals surface area contributed by atoms with Crippen molar-refractivity contribution in [3.63, 3.8) is 0 Å². The molecule has 0 saturated carbocycles. The number of ether oxygens (including phenoxy) is 1. The van der Waals surface area contributed by atoms with Gasteiger partial charge in [0.25, 0.3) is 5.91 Å². The summed E-state index contributed by atoms with van der Waals surface area (Å²) in [4.78, 5) is 15.3. The van der Waals surface area contributed by atoms with Gasteiger partial charge in [-0.25, -0.2) is 0 Å². The summed E-state index contributed by atoms with van der Waals surface area (Å²) in [7, 11) is 0. The molecular weight excluding hydrogens is 284 g/mol. The zero-order valence-electron chi connectivity index (χ0n) is 12.2. The van der Waals surface area contributed by atoms with E-state index in [1.165, 1.54) is 11.3 Å². The second kappa shape index (κ2) is 6.03. The molecule has 1 atom stereocenters. The monoisotopic (exact) mass is 304 g/mol. The highest BCUT2D eigenvalue weighted by molar-refractivity contribution is 7.20. The van der Waals surface area contributed by atoms with Crippen LogP contribution in [0.25, 0.3) is 10.1 Å². The highest BCUT2D eigenvalue weighted by Gasteiger charge is 2.23. The van der Waals surface area contributed by atoms with Gasteiger partial charge in [-0.05, 0) is 49.4 Å². The summed E-state index contributed by atoms with van der Waals surface area (Å²) in [6.45, 7) is 4.22. The maximum atomic E-state index is 12.7. The number of fused-ring (bicyclic) bond motifs is 1. The highest BCUT2D eigenvalue weighted by atomic mass is 32.1. The van der Waals surface area contributed by atoms with Crippen molar-refractivity contribution in [2.45, 2.75) is 25.9 Å². The SMILES string of the molecule is CCN(CC1CCCO1)C(=O)c1cc2cc(N)ccc2s1. The Morgan fingerprint density at radius 1 is 1.48 bits per heavy atom. The van der Waals surface area contributed by atoms with Gasteiger partial charge in [0, 0.05) is 30.1 Å². The summed E-state index contributed by atoms with van der Waals surface area (Å²) in [6.07, 6.45) is 2.34. The van der Waals surface area contributed by atoms with Crippen LogP contribution in [0, 0.1) is 0 Å². The second-order valence-corrected chi connectivity index (χ2v) is 6.47. The summed E-state index contributed by atoms with van der Waals surface area (Å²) in [5.41, 5.74) is 6.52. The molecule has 0 bridgehead atoms. The van der Waals surface area contributed by atoms with Crippen LogP contribution in [0.3, 0.4) is 0 Å². The molecule has 2 N–H and O–H groups in total. The fourth-order valence-electron chi connectivity index (χ4n) is 2.71. The lowest BCUT2D eigenvalue weighted by Gasteiger charge is -2.23. The minimum absolute atomic E-state index is 0.0905. The predicted molar refractivity (Wildman–Crippen MR) is 86.8 cm³/mol. The van der Waals surface area contributed by atoms with Crippen molar-refractivity contribution < 1.29 is 9.53 Å². The van der Waals surface area contributed by atoms with Crippen LogP contribution in [-0.2, 0) is 4.74 Å². The first-order valence-corrected chi connectivity index (χ1v) is 8.19. The number of rotatable bonds is 4. The quantitative estimate of drug-likeness (QED) is 0.883. The van der Waals surface area contributed by atoms with E-state index < -0.39 is 0 Å². The predicted octanol–water partition coefficient (Wildman–Crippen LogP) is 3.12. The van der Waals surface area contributed by atoms with Crippen LogP contribution >= 0.6 is 11.3 Å². The normalized spacial score (nSPS) is 18.2. The maximum Gasteiger partial charge on any atom is 0.264 e. The van der Waals surface area contributed by atoms with Crippen LogP contribution in [0.4, 0.5) is 5.69 Å². The molecule has 4 nitrogen and oxygen atoms in total. The number of hydrogen-bond acceptors (Lipinski definition) is 4. The second-order valence-electron chi connectivity index (χ2n) is 5.39. The molecule has 21 heavy (non-hydrogen) atoms. The van der Waals surface area contributed by atoms with Crippen LogP contribution in [0.1, 0.15) is 29.4 Å². The Hall–Kier alpha value is -1.59. The molecule has 1 aliphatic heterocycles. The Kier molecular flexibility index (Phi) is 4.12. The minimum atomic E-state index is 0.0905. The lowest BCUT2D eigenvalue weighted by molar-refractivity contribution is 0.0543. The summed E-state index contributed by atoms with van der Waals surface area (Å²) in [5, 5.41) is 1.04. The Labute approximate surface area is 128 Å². The zero-order valence-corrected chi connectivity index (χ0v) is 13.0. The number of amides is 1. The van der Waals surface area contributed by atoms with E-state index in [0.717, 1.165) is 40.1 Å². The van der Waals surface area contributed by atoms with Gasteiger partial charge in [0.1, 0.15) is 0 Å². The Morgan fingerprint density at radius 2 is 2.33 bits per heavy atom. The molecule has 0 spiro atoms. The van der Waals surface area contributed by atoms with Gasteiger partial charge in [-0.1, -0.05) is 0 Å². The molecular formula is C16H20N2O2S. The first kappa shape index (κ1) is 14.4. The number of carbonyl (C=O) groups is 1. The highest BCUT2D eigenvalue weighted by Crippen LogP contribution is 2.28. The van der Waals surface area contributed by atoms with Gasteiger partial charge in [0.15, 0.2) is 0 Å². The van der Waals surface area contributed by atoms with Gasteiger partial charge in [0.05, 0.1) is 11.0 Å². The van der Waals surface area contributed by atoms with E-state index in [4.69, 9.17) is 10.5 Å². The smallest absolute Gasteiger partial charge is 0.264 e. The molecule has 1 fully saturated rings. The van der Waals surface area contributed by atoms with Gasteiger partial charge in [-0.15, -0.1) is 11.3 Å². The topological polar surface area (TPSA) is 55.6 Å². The number of benzene rings is 1. The van der Waals surface area contributed by atoms with Gasteiger partial charge in [-0.2, -0.15) is 0 Å². The first-order valence-electron chi connectivity index (χ1n) is 7.37. The summed E-state index contributed by atoms with van der Waals surface area (Å²) < 4.78 is 6.74. The van der Waals surface area contributed by atoms with Crippen molar-refractivity contribution in [2.24, 2.45) is 0 Å². The molecule has 5 heteroatoms. The lowest BCUT2D eigenvalue weighted by atomic mass is 10.2. The Morgan fingerprint density at radius 3 is 3.05 bits per heavy atom. The van der Waals surface area contributed by atoms with E-state index in [1.807, 2.05) is 36.1 Å². The Bertz CT molecular complexity index is 647. The van der Waals surface area contributed by atoms with Crippen LogP contribution in [0.5, 0.6) is 0 Å². The van der Waals surface area contributed by atoms with Crippen molar-refractivity contribution in [1.82, 2.24) is 4.90 Å². The summed E-state index contributed by atoms with van der Waals surface area (Å²) in [6, 6.07) is 7.70.